The summed E-state index contributed by atoms with van der Waals surface area (Å²) in [6, 6.07) is 9.50. The number of thiazole rings is 1. The van der Waals surface area contributed by atoms with E-state index < -0.39 is 6.09 Å². The first-order valence-corrected chi connectivity index (χ1v) is 9.92. The second-order valence-electron chi connectivity index (χ2n) is 6.08. The third kappa shape index (κ3) is 3.51. The number of hydrogen-bond donors (Lipinski definition) is 3. The average molecular weight is 400 g/mol. The summed E-state index contributed by atoms with van der Waals surface area (Å²) in [6.07, 6.45) is -0.445. The molecule has 0 radical (unpaired) electrons. The molecule has 3 heterocycles. The van der Waals surface area contributed by atoms with Crippen LogP contribution in [0.2, 0.25) is 0 Å². The molecule has 0 aliphatic carbocycles. The molecule has 2 amide bonds. The first-order valence-electron chi connectivity index (χ1n) is 8.22. The van der Waals surface area contributed by atoms with Crippen molar-refractivity contribution in [2.24, 2.45) is 0 Å². The molecule has 0 spiro atoms. The van der Waals surface area contributed by atoms with Gasteiger partial charge in [0.25, 0.3) is 5.91 Å². The summed E-state index contributed by atoms with van der Waals surface area (Å²) in [7, 11) is 0. The van der Waals surface area contributed by atoms with E-state index in [1.165, 1.54) is 16.2 Å². The van der Waals surface area contributed by atoms with Crippen LogP contribution in [0.5, 0.6) is 0 Å². The standard InChI is InChI=1S/C18H16N4O3S2/c19-11-4-3-10(14-2-1-7-26-14)8-13(11)20-16(23)17-21-12-5-6-22(18(24)25)9-15(12)27-17/h1-4,7-8H,5-6,9,19H2,(H,20,23)(H,24,25). The van der Waals surface area contributed by atoms with Crippen LogP contribution in [0.1, 0.15) is 20.4 Å². The third-order valence-corrected chi connectivity index (χ3v) is 6.30. The van der Waals surface area contributed by atoms with Crippen LogP contribution in [0.15, 0.2) is 35.7 Å². The Bertz CT molecular complexity index is 1010. The Morgan fingerprint density at radius 3 is 2.89 bits per heavy atom. The summed E-state index contributed by atoms with van der Waals surface area (Å²) < 4.78 is 0. The Morgan fingerprint density at radius 1 is 1.30 bits per heavy atom. The predicted molar refractivity (Wildman–Crippen MR) is 106 cm³/mol. The van der Waals surface area contributed by atoms with Gasteiger partial charge in [0.15, 0.2) is 5.01 Å². The minimum atomic E-state index is -0.960. The van der Waals surface area contributed by atoms with Crippen LogP contribution >= 0.6 is 22.7 Å². The smallest absolute Gasteiger partial charge is 0.407 e. The number of anilines is 2. The lowest BCUT2D eigenvalue weighted by Gasteiger charge is -2.22. The summed E-state index contributed by atoms with van der Waals surface area (Å²) in [4.78, 5) is 31.4. The van der Waals surface area contributed by atoms with Gasteiger partial charge in [-0.3, -0.25) is 4.79 Å². The van der Waals surface area contributed by atoms with Gasteiger partial charge in [-0.2, -0.15) is 0 Å². The zero-order chi connectivity index (χ0) is 19.0. The number of rotatable bonds is 3. The summed E-state index contributed by atoms with van der Waals surface area (Å²) in [5.41, 5.74) is 8.80. The Kier molecular flexibility index (Phi) is 4.54. The number of nitrogen functional groups attached to an aromatic ring is 1. The van der Waals surface area contributed by atoms with E-state index >= 15 is 0 Å². The number of aromatic nitrogens is 1. The van der Waals surface area contributed by atoms with Gasteiger partial charge >= 0.3 is 6.09 Å². The number of carboxylic acid groups (broad SMARTS) is 1. The molecule has 3 aromatic rings. The number of fused-ring (bicyclic) bond motifs is 1. The van der Waals surface area contributed by atoms with E-state index in [2.05, 4.69) is 10.3 Å². The van der Waals surface area contributed by atoms with Crippen LogP contribution in [-0.4, -0.2) is 33.5 Å². The number of amides is 2. The minimum absolute atomic E-state index is 0.269. The lowest BCUT2D eigenvalue weighted by molar-refractivity contribution is 0.102. The first kappa shape index (κ1) is 17.5. The van der Waals surface area contributed by atoms with Crippen molar-refractivity contribution in [3.8, 4) is 10.4 Å². The molecule has 4 N–H and O–H groups in total. The van der Waals surface area contributed by atoms with Gasteiger partial charge in [0, 0.05) is 22.7 Å². The number of thiophene rings is 1. The maximum absolute atomic E-state index is 12.7. The summed E-state index contributed by atoms with van der Waals surface area (Å²) in [5, 5.41) is 14.3. The van der Waals surface area contributed by atoms with Crippen LogP contribution in [0.4, 0.5) is 16.2 Å². The van der Waals surface area contributed by atoms with E-state index in [-0.39, 0.29) is 12.5 Å². The number of carbonyl (C=O) groups excluding carboxylic acids is 1. The van der Waals surface area contributed by atoms with Gasteiger partial charge in [-0.05, 0) is 29.1 Å². The van der Waals surface area contributed by atoms with E-state index in [0.717, 1.165) is 21.0 Å². The van der Waals surface area contributed by atoms with Crippen LogP contribution in [0, 0.1) is 0 Å². The quantitative estimate of drug-likeness (QED) is 0.580. The number of nitrogens with two attached hydrogens (primary N) is 1. The number of nitrogens with zero attached hydrogens (tertiary/aromatic N) is 2. The zero-order valence-electron chi connectivity index (χ0n) is 14.1. The molecule has 4 rings (SSSR count). The normalized spacial score (nSPS) is 13.3. The van der Waals surface area contributed by atoms with Crippen molar-refractivity contribution >= 4 is 46.0 Å². The molecule has 138 valence electrons. The SMILES string of the molecule is Nc1ccc(-c2cccs2)cc1NC(=O)c1nc2c(s1)CN(C(=O)O)CC2. The Hall–Kier alpha value is -2.91. The fourth-order valence-corrected chi connectivity index (χ4v) is 4.64. The van der Waals surface area contributed by atoms with Crippen LogP contribution in [0.25, 0.3) is 10.4 Å². The molecule has 1 aliphatic heterocycles. The average Bonchev–Trinajstić information content (AvgIpc) is 3.32. The summed E-state index contributed by atoms with van der Waals surface area (Å²) in [6.45, 7) is 0.661. The van der Waals surface area contributed by atoms with Crippen molar-refractivity contribution in [2.75, 3.05) is 17.6 Å². The van der Waals surface area contributed by atoms with Gasteiger partial charge in [0.2, 0.25) is 0 Å². The minimum Gasteiger partial charge on any atom is -0.465 e. The van der Waals surface area contributed by atoms with Gasteiger partial charge in [0.05, 0.1) is 23.6 Å². The fraction of sp³-hybridized carbons (Fsp3) is 0.167. The van der Waals surface area contributed by atoms with E-state index in [1.54, 1.807) is 17.4 Å². The van der Waals surface area contributed by atoms with E-state index in [4.69, 9.17) is 10.8 Å². The zero-order valence-corrected chi connectivity index (χ0v) is 15.8. The second kappa shape index (κ2) is 7.01. The molecule has 0 saturated carbocycles. The fourth-order valence-electron chi connectivity index (χ4n) is 2.89. The molecule has 2 aromatic heterocycles. The molecule has 1 aromatic carbocycles. The Labute approximate surface area is 163 Å². The Morgan fingerprint density at radius 2 is 2.15 bits per heavy atom. The van der Waals surface area contributed by atoms with Crippen molar-refractivity contribution in [3.05, 3.63) is 51.3 Å². The van der Waals surface area contributed by atoms with Gasteiger partial charge in [-0.1, -0.05) is 12.1 Å². The van der Waals surface area contributed by atoms with Crippen molar-refractivity contribution in [3.63, 3.8) is 0 Å². The summed E-state index contributed by atoms with van der Waals surface area (Å²) in [5.74, 6) is -0.341. The van der Waals surface area contributed by atoms with Crippen molar-refractivity contribution < 1.29 is 14.7 Å². The predicted octanol–water partition coefficient (Wildman–Crippen LogP) is 3.74. The third-order valence-electron chi connectivity index (χ3n) is 4.30. The Balaban J connectivity index is 1.55. The molecular weight excluding hydrogens is 384 g/mol. The molecule has 0 atom stereocenters. The number of hydrogen-bond acceptors (Lipinski definition) is 6. The molecule has 7 nitrogen and oxygen atoms in total. The maximum atomic E-state index is 12.7. The van der Waals surface area contributed by atoms with Crippen LogP contribution in [-0.2, 0) is 13.0 Å². The molecule has 9 heteroatoms. The molecule has 0 fully saturated rings. The molecule has 0 saturated heterocycles. The van der Waals surface area contributed by atoms with E-state index in [1.807, 2.05) is 29.6 Å². The van der Waals surface area contributed by atoms with Gasteiger partial charge < -0.3 is 21.1 Å². The number of carbonyl (C=O) groups is 2. The molecule has 27 heavy (non-hydrogen) atoms. The maximum Gasteiger partial charge on any atom is 0.407 e. The summed E-state index contributed by atoms with van der Waals surface area (Å²) >= 11 is 2.83. The second-order valence-corrected chi connectivity index (χ2v) is 8.11. The highest BCUT2D eigenvalue weighted by Crippen LogP contribution is 2.31. The molecular formula is C18H16N4O3S2. The van der Waals surface area contributed by atoms with Gasteiger partial charge in [-0.15, -0.1) is 22.7 Å². The molecule has 0 bridgehead atoms. The monoisotopic (exact) mass is 400 g/mol. The molecule has 0 unspecified atom stereocenters. The molecule has 1 aliphatic rings. The lowest BCUT2D eigenvalue weighted by atomic mass is 10.1. The topological polar surface area (TPSA) is 109 Å². The van der Waals surface area contributed by atoms with Crippen molar-refractivity contribution in [1.29, 1.82) is 0 Å². The highest BCUT2D eigenvalue weighted by Gasteiger charge is 2.25. The van der Waals surface area contributed by atoms with Gasteiger partial charge in [0.1, 0.15) is 0 Å². The van der Waals surface area contributed by atoms with Crippen LogP contribution < -0.4 is 11.1 Å². The highest BCUT2D eigenvalue weighted by atomic mass is 32.1. The van der Waals surface area contributed by atoms with Crippen LogP contribution in [0.3, 0.4) is 0 Å². The van der Waals surface area contributed by atoms with Crippen molar-refractivity contribution in [1.82, 2.24) is 9.88 Å². The lowest BCUT2D eigenvalue weighted by Crippen LogP contribution is -2.34. The first-order chi connectivity index (χ1) is 13.0. The number of benzene rings is 1. The van der Waals surface area contributed by atoms with E-state index in [0.29, 0.717) is 29.3 Å². The van der Waals surface area contributed by atoms with Gasteiger partial charge in [-0.25, -0.2) is 9.78 Å². The highest BCUT2D eigenvalue weighted by molar-refractivity contribution is 7.14. The largest absolute Gasteiger partial charge is 0.465 e. The van der Waals surface area contributed by atoms with Crippen molar-refractivity contribution in [2.45, 2.75) is 13.0 Å². The van der Waals surface area contributed by atoms with E-state index in [9.17, 15) is 9.59 Å². The number of nitrogens with one attached hydrogen (secondary N) is 1.